The molecule has 1 aliphatic heterocycles. The summed E-state index contributed by atoms with van der Waals surface area (Å²) in [6.07, 6.45) is 1.72. The Balaban J connectivity index is 2.04. The van der Waals surface area contributed by atoms with E-state index in [1.807, 2.05) is 25.1 Å². The quantitative estimate of drug-likeness (QED) is 0.922. The average molecular weight is 273 g/mol. The van der Waals surface area contributed by atoms with Crippen molar-refractivity contribution < 1.29 is 14.2 Å². The molecule has 2 heterocycles. The first kappa shape index (κ1) is 12.5. The number of nitrogens with zero attached hydrogens (tertiary/aromatic N) is 2. The van der Waals surface area contributed by atoms with Gasteiger partial charge in [0.05, 0.1) is 7.11 Å². The van der Waals surface area contributed by atoms with E-state index in [9.17, 15) is 0 Å². The van der Waals surface area contributed by atoms with Gasteiger partial charge in [-0.05, 0) is 25.1 Å². The number of hydrogen-bond acceptors (Lipinski definition) is 6. The Morgan fingerprint density at radius 2 is 2.25 bits per heavy atom. The van der Waals surface area contributed by atoms with Crippen LogP contribution in [0.25, 0.3) is 11.4 Å². The summed E-state index contributed by atoms with van der Waals surface area (Å²) >= 11 is 0. The summed E-state index contributed by atoms with van der Waals surface area (Å²) in [6.45, 7) is 3.03. The van der Waals surface area contributed by atoms with Crippen molar-refractivity contribution in [1.29, 1.82) is 0 Å². The molecule has 0 saturated heterocycles. The number of ether oxygens (including phenoxy) is 3. The minimum Gasteiger partial charge on any atom is -0.493 e. The number of anilines is 1. The molecule has 0 saturated carbocycles. The zero-order chi connectivity index (χ0) is 13.9. The Hall–Kier alpha value is -2.50. The highest BCUT2D eigenvalue weighted by Gasteiger charge is 2.21. The van der Waals surface area contributed by atoms with Crippen molar-refractivity contribution in [1.82, 2.24) is 9.97 Å². The molecule has 20 heavy (non-hydrogen) atoms. The molecular formula is C14H15N3O3. The van der Waals surface area contributed by atoms with E-state index in [1.54, 1.807) is 13.3 Å². The van der Waals surface area contributed by atoms with Gasteiger partial charge in [-0.1, -0.05) is 0 Å². The Labute approximate surface area is 116 Å². The SMILES string of the molecule is CCNc1ccnc(-c2cc(OC)c3c(c2)OCO3)n1. The summed E-state index contributed by atoms with van der Waals surface area (Å²) < 4.78 is 16.1. The monoisotopic (exact) mass is 273 g/mol. The third-order valence-corrected chi connectivity index (χ3v) is 2.93. The van der Waals surface area contributed by atoms with Gasteiger partial charge in [-0.2, -0.15) is 0 Å². The summed E-state index contributed by atoms with van der Waals surface area (Å²) in [7, 11) is 1.59. The molecule has 1 aliphatic rings. The molecular weight excluding hydrogens is 258 g/mol. The van der Waals surface area contributed by atoms with E-state index in [0.29, 0.717) is 23.1 Å². The van der Waals surface area contributed by atoms with Gasteiger partial charge in [0, 0.05) is 18.3 Å². The highest BCUT2D eigenvalue weighted by atomic mass is 16.7. The molecule has 1 aromatic heterocycles. The van der Waals surface area contributed by atoms with Gasteiger partial charge < -0.3 is 19.5 Å². The maximum absolute atomic E-state index is 5.41. The summed E-state index contributed by atoms with van der Waals surface area (Å²) in [5.74, 6) is 3.29. The van der Waals surface area contributed by atoms with Crippen LogP contribution in [0.1, 0.15) is 6.92 Å². The van der Waals surface area contributed by atoms with Gasteiger partial charge in [0.25, 0.3) is 0 Å². The summed E-state index contributed by atoms with van der Waals surface area (Å²) in [5.41, 5.74) is 0.825. The zero-order valence-electron chi connectivity index (χ0n) is 11.3. The summed E-state index contributed by atoms with van der Waals surface area (Å²) in [4.78, 5) is 8.75. The second-order valence-corrected chi connectivity index (χ2v) is 4.21. The number of methoxy groups -OCH3 is 1. The number of aromatic nitrogens is 2. The van der Waals surface area contributed by atoms with Gasteiger partial charge in [-0.3, -0.25) is 0 Å². The van der Waals surface area contributed by atoms with Crippen molar-refractivity contribution in [2.24, 2.45) is 0 Å². The molecule has 2 aromatic rings. The van der Waals surface area contributed by atoms with Gasteiger partial charge in [0.1, 0.15) is 5.82 Å². The molecule has 0 unspecified atom stereocenters. The van der Waals surface area contributed by atoms with Crippen LogP contribution in [-0.2, 0) is 0 Å². The lowest BCUT2D eigenvalue weighted by Gasteiger charge is -2.08. The van der Waals surface area contributed by atoms with Crippen LogP contribution in [0.4, 0.5) is 5.82 Å². The number of benzene rings is 1. The van der Waals surface area contributed by atoms with Crippen LogP contribution in [0.15, 0.2) is 24.4 Å². The molecule has 6 heteroatoms. The smallest absolute Gasteiger partial charge is 0.231 e. The molecule has 1 N–H and O–H groups in total. The van der Waals surface area contributed by atoms with Crippen molar-refractivity contribution >= 4 is 5.82 Å². The predicted octanol–water partition coefficient (Wildman–Crippen LogP) is 2.31. The third kappa shape index (κ3) is 2.20. The van der Waals surface area contributed by atoms with Gasteiger partial charge in [-0.25, -0.2) is 9.97 Å². The lowest BCUT2D eigenvalue weighted by atomic mass is 10.1. The van der Waals surface area contributed by atoms with Crippen molar-refractivity contribution in [3.05, 3.63) is 24.4 Å². The van der Waals surface area contributed by atoms with Crippen LogP contribution in [0.3, 0.4) is 0 Å². The number of nitrogens with one attached hydrogen (secondary N) is 1. The van der Waals surface area contributed by atoms with Crippen LogP contribution in [-0.4, -0.2) is 30.4 Å². The summed E-state index contributed by atoms with van der Waals surface area (Å²) in [6, 6.07) is 5.53. The highest BCUT2D eigenvalue weighted by Crippen LogP contribution is 2.43. The maximum Gasteiger partial charge on any atom is 0.231 e. The first-order valence-corrected chi connectivity index (χ1v) is 6.36. The first-order chi connectivity index (χ1) is 9.81. The number of hydrogen-bond donors (Lipinski definition) is 1. The minimum absolute atomic E-state index is 0.202. The van der Waals surface area contributed by atoms with Crippen LogP contribution in [0, 0.1) is 0 Å². The largest absolute Gasteiger partial charge is 0.493 e. The van der Waals surface area contributed by atoms with Crippen LogP contribution in [0.5, 0.6) is 17.2 Å². The second kappa shape index (κ2) is 5.24. The van der Waals surface area contributed by atoms with Crippen molar-refractivity contribution in [2.45, 2.75) is 6.92 Å². The fourth-order valence-electron chi connectivity index (χ4n) is 2.04. The number of rotatable bonds is 4. The van der Waals surface area contributed by atoms with Crippen LogP contribution >= 0.6 is 0 Å². The minimum atomic E-state index is 0.202. The molecule has 0 amide bonds. The lowest BCUT2D eigenvalue weighted by molar-refractivity contribution is 0.171. The molecule has 104 valence electrons. The molecule has 0 bridgehead atoms. The zero-order valence-corrected chi connectivity index (χ0v) is 11.3. The third-order valence-electron chi connectivity index (χ3n) is 2.93. The Kier molecular flexibility index (Phi) is 3.28. The maximum atomic E-state index is 5.41. The van der Waals surface area contributed by atoms with E-state index >= 15 is 0 Å². The first-order valence-electron chi connectivity index (χ1n) is 6.36. The van der Waals surface area contributed by atoms with Crippen molar-refractivity contribution in [2.75, 3.05) is 25.8 Å². The van der Waals surface area contributed by atoms with E-state index in [-0.39, 0.29) is 6.79 Å². The standard InChI is InChI=1S/C14H15N3O3/c1-3-15-12-4-5-16-14(17-12)9-6-10(18-2)13-11(7-9)19-8-20-13/h4-7H,3,8H2,1-2H3,(H,15,16,17). The van der Waals surface area contributed by atoms with Gasteiger partial charge in [0.2, 0.25) is 12.5 Å². The highest BCUT2D eigenvalue weighted by molar-refractivity contribution is 5.67. The molecule has 0 fully saturated rings. The van der Waals surface area contributed by atoms with Gasteiger partial charge in [0.15, 0.2) is 17.3 Å². The normalized spacial score (nSPS) is 12.3. The Bertz CT molecular complexity index is 631. The van der Waals surface area contributed by atoms with E-state index in [2.05, 4.69) is 15.3 Å². The molecule has 3 rings (SSSR count). The van der Waals surface area contributed by atoms with E-state index in [1.165, 1.54) is 0 Å². The predicted molar refractivity (Wildman–Crippen MR) is 74.3 cm³/mol. The fraction of sp³-hybridized carbons (Fsp3) is 0.286. The Morgan fingerprint density at radius 3 is 3.05 bits per heavy atom. The van der Waals surface area contributed by atoms with Crippen molar-refractivity contribution in [3.8, 4) is 28.6 Å². The molecule has 0 aliphatic carbocycles. The molecule has 0 atom stereocenters. The lowest BCUT2D eigenvalue weighted by Crippen LogP contribution is -2.01. The van der Waals surface area contributed by atoms with Crippen molar-refractivity contribution in [3.63, 3.8) is 0 Å². The molecule has 6 nitrogen and oxygen atoms in total. The molecule has 0 radical (unpaired) electrons. The topological polar surface area (TPSA) is 65.5 Å². The Morgan fingerprint density at radius 1 is 1.35 bits per heavy atom. The molecule has 0 spiro atoms. The summed E-state index contributed by atoms with van der Waals surface area (Å²) in [5, 5.41) is 3.16. The molecule has 1 aromatic carbocycles. The van der Waals surface area contributed by atoms with Gasteiger partial charge in [-0.15, -0.1) is 0 Å². The second-order valence-electron chi connectivity index (χ2n) is 4.21. The van der Waals surface area contributed by atoms with Crippen LogP contribution in [0.2, 0.25) is 0 Å². The van der Waals surface area contributed by atoms with E-state index < -0.39 is 0 Å². The van der Waals surface area contributed by atoms with E-state index in [0.717, 1.165) is 17.9 Å². The average Bonchev–Trinajstić information content (AvgIpc) is 2.95. The fourth-order valence-corrected chi connectivity index (χ4v) is 2.04. The van der Waals surface area contributed by atoms with E-state index in [4.69, 9.17) is 14.2 Å². The van der Waals surface area contributed by atoms with Crippen LogP contribution < -0.4 is 19.5 Å². The van der Waals surface area contributed by atoms with Gasteiger partial charge >= 0.3 is 0 Å². The number of fused-ring (bicyclic) bond motifs is 1.